The van der Waals surface area contributed by atoms with Crippen LogP contribution in [0, 0.1) is 0 Å². The molecule has 1 unspecified atom stereocenters. The van der Waals surface area contributed by atoms with Crippen molar-refractivity contribution in [2.45, 2.75) is 4.90 Å². The molecule has 0 radical (unpaired) electrons. The summed E-state index contributed by atoms with van der Waals surface area (Å²) in [5.41, 5.74) is 1.35. The van der Waals surface area contributed by atoms with Gasteiger partial charge >= 0.3 is 0 Å². The van der Waals surface area contributed by atoms with E-state index in [9.17, 15) is 0 Å². The molecule has 58 valence electrons. The maximum Gasteiger partial charge on any atom is 0.0626 e. The van der Waals surface area contributed by atoms with Gasteiger partial charge in [-0.2, -0.15) is 0 Å². The topological polar surface area (TPSA) is 3.24 Å². The summed E-state index contributed by atoms with van der Waals surface area (Å²) < 4.78 is 0. The largest absolute Gasteiger partial charge is 0.365 e. The zero-order valence-corrected chi connectivity index (χ0v) is 7.40. The lowest BCUT2D eigenvalue weighted by Crippen LogP contribution is -2.10. The van der Waals surface area contributed by atoms with Gasteiger partial charge in [0.05, 0.1) is 11.6 Å². The lowest BCUT2D eigenvalue weighted by atomic mass is 10.3. The molecule has 1 nitrogen and oxygen atoms in total. The maximum atomic E-state index is 4.12. The summed E-state index contributed by atoms with van der Waals surface area (Å²) in [6.07, 6.45) is 0. The van der Waals surface area contributed by atoms with E-state index < -0.39 is 0 Å². The van der Waals surface area contributed by atoms with Gasteiger partial charge in [-0.3, -0.25) is 0 Å². The smallest absolute Gasteiger partial charge is 0.0626 e. The third-order valence-corrected chi connectivity index (χ3v) is 3.60. The highest BCUT2D eigenvalue weighted by atomic mass is 32.2. The molecule has 11 heavy (non-hydrogen) atoms. The van der Waals surface area contributed by atoms with Gasteiger partial charge in [0.1, 0.15) is 0 Å². The van der Waals surface area contributed by atoms with Crippen LogP contribution < -0.4 is 4.90 Å². The van der Waals surface area contributed by atoms with E-state index in [0.29, 0.717) is 0 Å². The van der Waals surface area contributed by atoms with Crippen LogP contribution in [0.3, 0.4) is 0 Å². The van der Waals surface area contributed by atoms with Gasteiger partial charge in [-0.15, -0.1) is 10.5 Å². The van der Waals surface area contributed by atoms with Gasteiger partial charge in [0, 0.05) is 11.9 Å². The van der Waals surface area contributed by atoms with Crippen molar-refractivity contribution < 1.29 is 0 Å². The Labute approximate surface area is 69.6 Å². The van der Waals surface area contributed by atoms with E-state index in [1.807, 2.05) is 0 Å². The Balaban J connectivity index is 2.60. The number of hydrogen-bond acceptors (Lipinski definition) is 1. The van der Waals surface area contributed by atoms with E-state index in [-0.39, 0.29) is 10.5 Å². The summed E-state index contributed by atoms with van der Waals surface area (Å²) in [5.74, 6) is 5.20. The van der Waals surface area contributed by atoms with Crippen molar-refractivity contribution in [3.8, 4) is 0 Å². The van der Waals surface area contributed by atoms with Gasteiger partial charge in [0.25, 0.3) is 0 Å². The van der Waals surface area contributed by atoms with Crippen molar-refractivity contribution in [2.75, 3.05) is 17.8 Å². The van der Waals surface area contributed by atoms with E-state index in [2.05, 4.69) is 42.1 Å². The highest BCUT2D eigenvalue weighted by molar-refractivity contribution is 8.14. The zero-order chi connectivity index (χ0) is 7.84. The monoisotopic (exact) mass is 165 g/mol. The van der Waals surface area contributed by atoms with Gasteiger partial charge in [0.2, 0.25) is 0 Å². The third kappa shape index (κ3) is 0.979. The minimum atomic E-state index is 0.198. The lowest BCUT2D eigenvalue weighted by Gasteiger charge is -2.09. The molecule has 0 saturated heterocycles. The number of rotatable bonds is 0. The normalized spacial score (nSPS) is 21.9. The Morgan fingerprint density at radius 2 is 2.18 bits per heavy atom. The van der Waals surface area contributed by atoms with Gasteiger partial charge in [-0.05, 0) is 12.1 Å². The highest BCUT2D eigenvalue weighted by Crippen LogP contribution is 2.40. The number of hydrogen-bond donors (Lipinski definition) is 0. The average Bonchev–Trinajstić information content (AvgIpc) is 2.30. The molecule has 1 aromatic rings. The van der Waals surface area contributed by atoms with Gasteiger partial charge in [0.15, 0.2) is 0 Å². The predicted molar refractivity (Wildman–Crippen MR) is 52.7 cm³/mol. The number of para-hydroxylation sites is 1. The second-order valence-corrected chi connectivity index (χ2v) is 4.47. The summed E-state index contributed by atoms with van der Waals surface area (Å²) in [6.45, 7) is 0. The molecular weight excluding hydrogens is 154 g/mol. The molecule has 0 amide bonds. The molecule has 0 saturated carbocycles. The van der Waals surface area contributed by atoms with Crippen LogP contribution in [0.1, 0.15) is 0 Å². The molecule has 0 spiro atoms. The first-order chi connectivity index (χ1) is 5.29. The minimum Gasteiger partial charge on any atom is -0.365 e. The van der Waals surface area contributed by atoms with Crippen molar-refractivity contribution in [1.29, 1.82) is 0 Å². The first kappa shape index (κ1) is 6.92. The second kappa shape index (κ2) is 2.38. The van der Waals surface area contributed by atoms with E-state index in [1.165, 1.54) is 10.6 Å². The molecule has 0 bridgehead atoms. The minimum absolute atomic E-state index is 0.198. The highest BCUT2D eigenvalue weighted by Gasteiger charge is 2.16. The summed E-state index contributed by atoms with van der Waals surface area (Å²) in [7, 11) is 2.32. The Kier molecular flexibility index (Phi) is 1.50. The average molecular weight is 165 g/mol. The summed E-state index contributed by atoms with van der Waals surface area (Å²) in [4.78, 5) is 3.68. The van der Waals surface area contributed by atoms with Crippen molar-refractivity contribution >= 4 is 22.0 Å². The lowest BCUT2D eigenvalue weighted by molar-refractivity contribution is 1.10. The molecule has 0 N–H and O–H groups in total. The fourth-order valence-corrected chi connectivity index (χ4v) is 2.93. The Hall–Kier alpha value is -0.760. The van der Waals surface area contributed by atoms with E-state index in [1.54, 1.807) is 0 Å². The van der Waals surface area contributed by atoms with E-state index >= 15 is 0 Å². The molecule has 0 aromatic heterocycles. The fraction of sp³-hybridized carbons (Fsp3) is 0.222. The molecule has 0 fully saturated rings. The third-order valence-electron chi connectivity index (χ3n) is 1.94. The molecule has 1 atom stereocenters. The molecular formula is C9H11NS. The van der Waals surface area contributed by atoms with Crippen LogP contribution in [0.15, 0.2) is 29.2 Å². The van der Waals surface area contributed by atoms with Crippen molar-refractivity contribution in [3.05, 3.63) is 24.3 Å². The molecule has 2 heteroatoms. The summed E-state index contributed by atoms with van der Waals surface area (Å²) in [5, 5.41) is 0. The SMILES string of the molecule is C=S1CN(C)c2ccccc21. The number of anilines is 1. The van der Waals surface area contributed by atoms with Crippen molar-refractivity contribution in [3.63, 3.8) is 0 Å². The summed E-state index contributed by atoms with van der Waals surface area (Å²) in [6, 6.07) is 8.50. The first-order valence-electron chi connectivity index (χ1n) is 3.60. The number of fused-ring (bicyclic) bond motifs is 1. The number of benzene rings is 1. The van der Waals surface area contributed by atoms with Crippen LogP contribution in [0.4, 0.5) is 5.69 Å². The fourth-order valence-electron chi connectivity index (χ4n) is 1.39. The summed E-state index contributed by atoms with van der Waals surface area (Å²) >= 11 is 0. The van der Waals surface area contributed by atoms with Crippen molar-refractivity contribution in [1.82, 2.24) is 0 Å². The van der Waals surface area contributed by atoms with E-state index in [4.69, 9.17) is 0 Å². The van der Waals surface area contributed by atoms with Crippen LogP contribution in [0.5, 0.6) is 0 Å². The molecule has 0 aliphatic carbocycles. The standard InChI is InChI=1S/C9H11NS/c1-10-7-11(2)9-6-4-3-5-8(9)10/h3-6H,2,7H2,1H3. The Bertz CT molecular complexity index is 306. The van der Waals surface area contributed by atoms with Gasteiger partial charge < -0.3 is 4.90 Å². The van der Waals surface area contributed by atoms with Gasteiger partial charge in [-0.25, -0.2) is 0 Å². The van der Waals surface area contributed by atoms with Gasteiger partial charge in [-0.1, -0.05) is 18.0 Å². The molecule has 2 rings (SSSR count). The zero-order valence-electron chi connectivity index (χ0n) is 6.58. The number of nitrogens with zero attached hydrogens (tertiary/aromatic N) is 1. The molecule has 1 heterocycles. The quantitative estimate of drug-likeness (QED) is 0.532. The molecule has 1 aromatic carbocycles. The second-order valence-electron chi connectivity index (χ2n) is 2.79. The Morgan fingerprint density at radius 1 is 1.45 bits per heavy atom. The first-order valence-corrected chi connectivity index (χ1v) is 5.16. The van der Waals surface area contributed by atoms with Crippen LogP contribution in [0.25, 0.3) is 0 Å². The van der Waals surface area contributed by atoms with Crippen LogP contribution in [-0.4, -0.2) is 18.8 Å². The molecule has 1 aliphatic heterocycles. The Morgan fingerprint density at radius 3 is 2.91 bits per heavy atom. The van der Waals surface area contributed by atoms with Crippen LogP contribution in [-0.2, 0) is 0 Å². The van der Waals surface area contributed by atoms with E-state index in [0.717, 1.165) is 5.88 Å². The van der Waals surface area contributed by atoms with Crippen LogP contribution in [0.2, 0.25) is 0 Å². The van der Waals surface area contributed by atoms with Crippen LogP contribution >= 0.6 is 10.5 Å². The molecule has 1 aliphatic rings. The van der Waals surface area contributed by atoms with Crippen molar-refractivity contribution in [2.24, 2.45) is 0 Å². The maximum absolute atomic E-state index is 4.12. The predicted octanol–water partition coefficient (Wildman–Crippen LogP) is 2.15.